The molecule has 120 valence electrons. The number of rotatable bonds is 4. The maximum Gasteiger partial charge on any atom is 0.224 e. The summed E-state index contributed by atoms with van der Waals surface area (Å²) in [5.74, 6) is -0.637. The van der Waals surface area contributed by atoms with Gasteiger partial charge in [0.25, 0.3) is 0 Å². The Morgan fingerprint density at radius 2 is 2.17 bits per heavy atom. The molecular weight excluding hydrogens is 320 g/mol. The zero-order valence-electron chi connectivity index (χ0n) is 12.7. The lowest BCUT2D eigenvalue weighted by molar-refractivity contribution is 0.562. The van der Waals surface area contributed by atoms with Crippen LogP contribution in [0.25, 0.3) is 0 Å². The van der Waals surface area contributed by atoms with Crippen molar-refractivity contribution in [3.63, 3.8) is 0 Å². The topological polar surface area (TPSA) is 29.0 Å². The summed E-state index contributed by atoms with van der Waals surface area (Å²) in [5.41, 5.74) is 2.13. The monoisotopic (exact) mass is 335 g/mol. The summed E-state index contributed by atoms with van der Waals surface area (Å²) < 4.78 is 27.3. The SMILES string of the molecule is C=CCN(C)c1nc(Cl)nc2c1CCC2c1ccc(F)cc1F. The number of hydrogen-bond acceptors (Lipinski definition) is 3. The van der Waals surface area contributed by atoms with Crippen molar-refractivity contribution in [2.45, 2.75) is 18.8 Å². The van der Waals surface area contributed by atoms with Gasteiger partial charge in [-0.2, -0.15) is 0 Å². The van der Waals surface area contributed by atoms with Crippen molar-refractivity contribution >= 4 is 17.4 Å². The van der Waals surface area contributed by atoms with Crippen LogP contribution in [0.2, 0.25) is 5.28 Å². The third-order valence-electron chi connectivity index (χ3n) is 4.11. The van der Waals surface area contributed by atoms with Gasteiger partial charge in [0.05, 0.1) is 5.69 Å². The van der Waals surface area contributed by atoms with E-state index in [0.717, 1.165) is 29.6 Å². The first-order chi connectivity index (χ1) is 11.0. The summed E-state index contributed by atoms with van der Waals surface area (Å²) in [7, 11) is 1.90. The van der Waals surface area contributed by atoms with Crippen molar-refractivity contribution in [3.8, 4) is 0 Å². The second-order valence-corrected chi connectivity index (χ2v) is 5.94. The molecular formula is C17H16ClF2N3. The Morgan fingerprint density at radius 1 is 1.39 bits per heavy atom. The zero-order chi connectivity index (χ0) is 16.6. The molecule has 0 aliphatic heterocycles. The third-order valence-corrected chi connectivity index (χ3v) is 4.27. The molecule has 23 heavy (non-hydrogen) atoms. The minimum Gasteiger partial charge on any atom is -0.356 e. The second-order valence-electron chi connectivity index (χ2n) is 5.61. The quantitative estimate of drug-likeness (QED) is 0.622. The minimum absolute atomic E-state index is 0.129. The first-order valence-corrected chi connectivity index (χ1v) is 7.72. The van der Waals surface area contributed by atoms with Gasteiger partial charge in [-0.15, -0.1) is 6.58 Å². The number of halogens is 3. The van der Waals surface area contributed by atoms with E-state index >= 15 is 0 Å². The largest absolute Gasteiger partial charge is 0.356 e. The van der Waals surface area contributed by atoms with Gasteiger partial charge >= 0.3 is 0 Å². The first-order valence-electron chi connectivity index (χ1n) is 7.34. The lowest BCUT2D eigenvalue weighted by Gasteiger charge is -2.20. The standard InChI is InChI=1S/C17H16ClF2N3/c1-3-8-23(2)16-13-7-6-12(15(13)21-17(18)22-16)11-5-4-10(19)9-14(11)20/h3-5,9,12H,1,6-8H2,2H3. The summed E-state index contributed by atoms with van der Waals surface area (Å²) in [4.78, 5) is 10.6. The Bertz CT molecular complexity index is 764. The van der Waals surface area contributed by atoms with Gasteiger partial charge in [-0.1, -0.05) is 12.1 Å². The number of nitrogens with zero attached hydrogens (tertiary/aromatic N) is 3. The molecule has 0 spiro atoms. The van der Waals surface area contributed by atoms with Gasteiger partial charge in [0.15, 0.2) is 0 Å². The van der Waals surface area contributed by atoms with Gasteiger partial charge in [0.2, 0.25) is 5.28 Å². The summed E-state index contributed by atoms with van der Waals surface area (Å²) in [6, 6.07) is 3.65. The number of anilines is 1. The molecule has 0 saturated carbocycles. The summed E-state index contributed by atoms with van der Waals surface area (Å²) in [5, 5.41) is 0.129. The summed E-state index contributed by atoms with van der Waals surface area (Å²) >= 11 is 6.06. The van der Waals surface area contributed by atoms with E-state index in [-0.39, 0.29) is 11.2 Å². The van der Waals surface area contributed by atoms with E-state index in [1.807, 2.05) is 11.9 Å². The summed E-state index contributed by atoms with van der Waals surface area (Å²) in [6.45, 7) is 4.34. The van der Waals surface area contributed by atoms with Crippen molar-refractivity contribution in [2.75, 3.05) is 18.5 Å². The van der Waals surface area contributed by atoms with E-state index in [0.29, 0.717) is 18.5 Å². The van der Waals surface area contributed by atoms with E-state index in [1.165, 1.54) is 12.1 Å². The Kier molecular flexibility index (Phi) is 4.31. The Morgan fingerprint density at radius 3 is 2.87 bits per heavy atom. The Labute approximate surface area is 138 Å². The van der Waals surface area contributed by atoms with Crippen LogP contribution in [0.1, 0.15) is 29.2 Å². The highest BCUT2D eigenvalue weighted by Gasteiger charge is 2.31. The van der Waals surface area contributed by atoms with Crippen LogP contribution in [0.4, 0.5) is 14.6 Å². The first kappa shape index (κ1) is 15.9. The fourth-order valence-electron chi connectivity index (χ4n) is 3.10. The summed E-state index contributed by atoms with van der Waals surface area (Å²) in [6.07, 6.45) is 3.20. The van der Waals surface area contributed by atoms with Gasteiger partial charge in [-0.05, 0) is 36.1 Å². The molecule has 1 aromatic heterocycles. The van der Waals surface area contributed by atoms with Crippen LogP contribution in [0.3, 0.4) is 0 Å². The molecule has 1 aromatic carbocycles. The van der Waals surface area contributed by atoms with Crippen LogP contribution in [-0.4, -0.2) is 23.6 Å². The van der Waals surface area contributed by atoms with Crippen LogP contribution in [0, 0.1) is 11.6 Å². The van der Waals surface area contributed by atoms with Crippen molar-refractivity contribution in [2.24, 2.45) is 0 Å². The molecule has 1 heterocycles. The highest BCUT2D eigenvalue weighted by molar-refractivity contribution is 6.28. The van der Waals surface area contributed by atoms with Crippen LogP contribution in [0.5, 0.6) is 0 Å². The average molecular weight is 336 g/mol. The Hall–Kier alpha value is -2.01. The van der Waals surface area contributed by atoms with Crippen molar-refractivity contribution < 1.29 is 8.78 Å². The second kappa shape index (κ2) is 6.24. The van der Waals surface area contributed by atoms with Crippen molar-refractivity contribution in [1.82, 2.24) is 9.97 Å². The van der Waals surface area contributed by atoms with E-state index in [1.54, 1.807) is 6.08 Å². The predicted molar refractivity (Wildman–Crippen MR) is 87.0 cm³/mol. The van der Waals surface area contributed by atoms with E-state index in [4.69, 9.17) is 11.6 Å². The fourth-order valence-corrected chi connectivity index (χ4v) is 3.27. The molecule has 0 fully saturated rings. The number of benzene rings is 1. The molecule has 1 atom stereocenters. The van der Waals surface area contributed by atoms with Crippen LogP contribution < -0.4 is 4.90 Å². The molecule has 0 saturated heterocycles. The van der Waals surface area contributed by atoms with Crippen molar-refractivity contribution in [1.29, 1.82) is 0 Å². The molecule has 1 aliphatic carbocycles. The van der Waals surface area contributed by atoms with Gasteiger partial charge in [0, 0.05) is 31.1 Å². The molecule has 0 N–H and O–H groups in total. The van der Waals surface area contributed by atoms with Crippen LogP contribution in [-0.2, 0) is 6.42 Å². The van der Waals surface area contributed by atoms with Gasteiger partial charge in [0.1, 0.15) is 17.5 Å². The lowest BCUT2D eigenvalue weighted by atomic mass is 9.96. The van der Waals surface area contributed by atoms with Crippen LogP contribution >= 0.6 is 11.6 Å². The molecule has 0 amide bonds. The molecule has 2 aromatic rings. The highest BCUT2D eigenvalue weighted by atomic mass is 35.5. The minimum atomic E-state index is -0.586. The molecule has 3 nitrogen and oxygen atoms in total. The maximum absolute atomic E-state index is 14.1. The zero-order valence-corrected chi connectivity index (χ0v) is 13.4. The smallest absolute Gasteiger partial charge is 0.224 e. The number of aromatic nitrogens is 2. The molecule has 3 rings (SSSR count). The molecule has 1 unspecified atom stereocenters. The lowest BCUT2D eigenvalue weighted by Crippen LogP contribution is -2.20. The van der Waals surface area contributed by atoms with Gasteiger partial charge < -0.3 is 4.90 Å². The van der Waals surface area contributed by atoms with E-state index in [2.05, 4.69) is 16.5 Å². The van der Waals surface area contributed by atoms with Gasteiger partial charge in [-0.3, -0.25) is 0 Å². The molecule has 0 radical (unpaired) electrons. The van der Waals surface area contributed by atoms with E-state index < -0.39 is 11.6 Å². The molecule has 1 aliphatic rings. The third kappa shape index (κ3) is 2.93. The van der Waals surface area contributed by atoms with Crippen LogP contribution in [0.15, 0.2) is 30.9 Å². The fraction of sp³-hybridized carbons (Fsp3) is 0.294. The van der Waals surface area contributed by atoms with E-state index in [9.17, 15) is 8.78 Å². The van der Waals surface area contributed by atoms with Crippen molar-refractivity contribution in [3.05, 3.63) is 64.6 Å². The number of fused-ring (bicyclic) bond motifs is 1. The number of hydrogen-bond donors (Lipinski definition) is 0. The molecule has 6 heteroatoms. The predicted octanol–water partition coefficient (Wildman–Crippen LogP) is 4.11. The maximum atomic E-state index is 14.1. The molecule has 0 bridgehead atoms. The van der Waals surface area contributed by atoms with Gasteiger partial charge in [-0.25, -0.2) is 18.7 Å². The Balaban J connectivity index is 2.07. The normalized spacial score (nSPS) is 16.3. The average Bonchev–Trinajstić information content (AvgIpc) is 2.90. The highest BCUT2D eigenvalue weighted by Crippen LogP contribution is 2.41. The number of likely N-dealkylation sites (N-methyl/N-ethyl adjacent to an activating group) is 1.